The molecule has 2 fully saturated rings. The minimum absolute atomic E-state index is 0.0569. The molecule has 106 valence electrons. The monoisotopic (exact) mass is 273 g/mol. The number of nitrogens with one attached hydrogen (secondary N) is 1. The summed E-state index contributed by atoms with van der Waals surface area (Å²) < 4.78 is 11.4. The van der Waals surface area contributed by atoms with Crippen molar-refractivity contribution in [2.45, 2.75) is 56.7 Å². The Morgan fingerprint density at radius 1 is 1.39 bits per heavy atom. The summed E-state index contributed by atoms with van der Waals surface area (Å²) >= 11 is 2.06. The molecule has 1 N–H and O–H groups in total. The van der Waals surface area contributed by atoms with Gasteiger partial charge in [0.1, 0.15) is 0 Å². The van der Waals surface area contributed by atoms with Crippen LogP contribution in [0.4, 0.5) is 0 Å². The largest absolute Gasteiger partial charge is 0.383 e. The Bertz CT molecular complexity index is 259. The van der Waals surface area contributed by atoms with Crippen LogP contribution in [0.5, 0.6) is 0 Å². The lowest BCUT2D eigenvalue weighted by Gasteiger charge is -2.45. The first kappa shape index (κ1) is 14.6. The molecule has 1 unspecified atom stereocenters. The number of hydrogen-bond acceptors (Lipinski definition) is 4. The summed E-state index contributed by atoms with van der Waals surface area (Å²) in [7, 11) is 1.77. The first-order chi connectivity index (χ1) is 8.55. The molecule has 2 aliphatic rings. The lowest BCUT2D eigenvalue weighted by molar-refractivity contribution is -0.0967. The third-order valence-corrected chi connectivity index (χ3v) is 4.98. The van der Waals surface area contributed by atoms with Gasteiger partial charge < -0.3 is 14.8 Å². The van der Waals surface area contributed by atoms with Gasteiger partial charge in [0.25, 0.3) is 0 Å². The van der Waals surface area contributed by atoms with Crippen molar-refractivity contribution < 1.29 is 9.47 Å². The fourth-order valence-corrected chi connectivity index (χ4v) is 4.43. The van der Waals surface area contributed by atoms with Gasteiger partial charge in [-0.3, -0.25) is 0 Å². The highest BCUT2D eigenvalue weighted by Gasteiger charge is 2.39. The van der Waals surface area contributed by atoms with Gasteiger partial charge in [0.2, 0.25) is 0 Å². The molecule has 1 spiro atoms. The highest BCUT2D eigenvalue weighted by atomic mass is 32.2. The van der Waals surface area contributed by atoms with Crippen molar-refractivity contribution in [3.8, 4) is 0 Å². The van der Waals surface area contributed by atoms with Crippen molar-refractivity contribution in [2.24, 2.45) is 0 Å². The second-order valence-corrected chi connectivity index (χ2v) is 7.52. The lowest BCUT2D eigenvalue weighted by Crippen LogP contribution is -2.55. The van der Waals surface area contributed by atoms with Crippen LogP contribution in [0.3, 0.4) is 0 Å². The number of hydrogen-bond donors (Lipinski definition) is 1. The summed E-state index contributed by atoms with van der Waals surface area (Å²) in [4.78, 5) is 0. The average molecular weight is 273 g/mol. The van der Waals surface area contributed by atoms with E-state index in [2.05, 4.69) is 30.9 Å². The Morgan fingerprint density at radius 2 is 2.11 bits per heavy atom. The zero-order valence-electron chi connectivity index (χ0n) is 12.0. The summed E-state index contributed by atoms with van der Waals surface area (Å²) in [5.74, 6) is 2.52. The van der Waals surface area contributed by atoms with E-state index in [-0.39, 0.29) is 11.1 Å². The highest BCUT2D eigenvalue weighted by molar-refractivity contribution is 7.99. The van der Waals surface area contributed by atoms with Gasteiger partial charge in [-0.25, -0.2) is 0 Å². The van der Waals surface area contributed by atoms with E-state index in [1.54, 1.807) is 7.11 Å². The molecule has 4 heteroatoms. The number of methoxy groups -OCH3 is 1. The van der Waals surface area contributed by atoms with E-state index in [9.17, 15) is 0 Å². The summed E-state index contributed by atoms with van der Waals surface area (Å²) in [5.41, 5.74) is 0.228. The zero-order valence-corrected chi connectivity index (χ0v) is 12.8. The average Bonchev–Trinajstić information content (AvgIpc) is 2.29. The SMILES string of the molecule is COCC(C)(C)NC1CCOC2(CCSCC2)C1. The first-order valence-corrected chi connectivity index (χ1v) is 8.19. The van der Waals surface area contributed by atoms with Gasteiger partial charge in [0.15, 0.2) is 0 Å². The van der Waals surface area contributed by atoms with Gasteiger partial charge >= 0.3 is 0 Å². The quantitative estimate of drug-likeness (QED) is 0.852. The van der Waals surface area contributed by atoms with Crippen molar-refractivity contribution in [2.75, 3.05) is 31.8 Å². The number of rotatable bonds is 4. The third-order valence-electron chi connectivity index (χ3n) is 4.00. The molecule has 0 aromatic rings. The molecule has 3 nitrogen and oxygen atoms in total. The minimum atomic E-state index is 0.0569. The minimum Gasteiger partial charge on any atom is -0.383 e. The van der Waals surface area contributed by atoms with E-state index in [1.807, 2.05) is 0 Å². The van der Waals surface area contributed by atoms with Gasteiger partial charge in [-0.05, 0) is 51.0 Å². The Labute approximate surface area is 115 Å². The molecule has 0 aromatic heterocycles. The Hall–Kier alpha value is 0.230. The van der Waals surface area contributed by atoms with Crippen molar-refractivity contribution >= 4 is 11.8 Å². The third kappa shape index (κ3) is 3.86. The van der Waals surface area contributed by atoms with Crippen LogP contribution < -0.4 is 5.32 Å². The molecule has 0 saturated carbocycles. The maximum atomic E-state index is 6.13. The van der Waals surface area contributed by atoms with Crippen LogP contribution in [0.1, 0.15) is 39.5 Å². The Morgan fingerprint density at radius 3 is 2.78 bits per heavy atom. The smallest absolute Gasteiger partial charge is 0.0713 e. The fraction of sp³-hybridized carbons (Fsp3) is 1.00. The van der Waals surface area contributed by atoms with Gasteiger partial charge in [0, 0.05) is 25.3 Å². The Balaban J connectivity index is 1.90. The van der Waals surface area contributed by atoms with E-state index in [0.717, 1.165) is 19.6 Å². The molecular weight excluding hydrogens is 246 g/mol. The van der Waals surface area contributed by atoms with Gasteiger partial charge in [-0.15, -0.1) is 0 Å². The van der Waals surface area contributed by atoms with Gasteiger partial charge in [0.05, 0.1) is 12.2 Å². The summed E-state index contributed by atoms with van der Waals surface area (Å²) in [6.07, 6.45) is 4.74. The van der Waals surface area contributed by atoms with Gasteiger partial charge in [-0.1, -0.05) is 0 Å². The predicted molar refractivity (Wildman–Crippen MR) is 77.4 cm³/mol. The molecule has 0 bridgehead atoms. The molecule has 18 heavy (non-hydrogen) atoms. The van der Waals surface area contributed by atoms with E-state index in [1.165, 1.54) is 30.8 Å². The molecule has 2 rings (SSSR count). The van der Waals surface area contributed by atoms with Crippen LogP contribution >= 0.6 is 11.8 Å². The molecule has 2 saturated heterocycles. The van der Waals surface area contributed by atoms with Crippen LogP contribution in [-0.4, -0.2) is 49.0 Å². The van der Waals surface area contributed by atoms with Crippen LogP contribution in [0.2, 0.25) is 0 Å². The summed E-state index contributed by atoms with van der Waals surface area (Å²) in [6.45, 7) is 6.10. The van der Waals surface area contributed by atoms with Crippen molar-refractivity contribution in [1.82, 2.24) is 5.32 Å². The van der Waals surface area contributed by atoms with Crippen molar-refractivity contribution in [1.29, 1.82) is 0 Å². The predicted octanol–water partition coefficient (Wildman–Crippen LogP) is 2.45. The molecule has 2 aliphatic heterocycles. The zero-order chi connectivity index (χ0) is 13.1. The first-order valence-electron chi connectivity index (χ1n) is 7.04. The van der Waals surface area contributed by atoms with Crippen molar-refractivity contribution in [3.05, 3.63) is 0 Å². The van der Waals surface area contributed by atoms with E-state index < -0.39 is 0 Å². The summed E-state index contributed by atoms with van der Waals surface area (Å²) in [6, 6.07) is 0.576. The lowest BCUT2D eigenvalue weighted by atomic mass is 9.84. The van der Waals surface area contributed by atoms with Gasteiger partial charge in [-0.2, -0.15) is 11.8 Å². The second kappa shape index (κ2) is 6.12. The fourth-order valence-electron chi connectivity index (χ4n) is 3.20. The normalized spacial score (nSPS) is 28.5. The summed E-state index contributed by atoms with van der Waals surface area (Å²) in [5, 5.41) is 3.76. The van der Waals surface area contributed by atoms with E-state index >= 15 is 0 Å². The molecule has 0 aliphatic carbocycles. The number of thioether (sulfide) groups is 1. The molecule has 0 aromatic carbocycles. The molecule has 1 atom stereocenters. The molecule has 0 radical (unpaired) electrons. The second-order valence-electron chi connectivity index (χ2n) is 6.29. The molecular formula is C14H27NO2S. The maximum absolute atomic E-state index is 6.13. The molecule has 0 amide bonds. The van der Waals surface area contributed by atoms with E-state index in [4.69, 9.17) is 9.47 Å². The molecule has 2 heterocycles. The highest BCUT2D eigenvalue weighted by Crippen LogP contribution is 2.37. The maximum Gasteiger partial charge on any atom is 0.0713 e. The Kier molecular flexibility index (Phi) is 4.98. The van der Waals surface area contributed by atoms with E-state index in [0.29, 0.717) is 6.04 Å². The van der Waals surface area contributed by atoms with Crippen LogP contribution in [-0.2, 0) is 9.47 Å². The number of ether oxygens (including phenoxy) is 2. The van der Waals surface area contributed by atoms with Crippen LogP contribution in [0.15, 0.2) is 0 Å². The topological polar surface area (TPSA) is 30.5 Å². The van der Waals surface area contributed by atoms with Crippen LogP contribution in [0.25, 0.3) is 0 Å². The standard InChI is InChI=1S/C14H27NO2S/c1-13(2,11-16-3)15-12-4-7-17-14(10-12)5-8-18-9-6-14/h12,15H,4-11H2,1-3H3. The van der Waals surface area contributed by atoms with Crippen molar-refractivity contribution in [3.63, 3.8) is 0 Å². The van der Waals surface area contributed by atoms with Crippen LogP contribution in [0, 0.1) is 0 Å².